The molecule has 0 amide bonds. The molecule has 0 aromatic rings. The van der Waals surface area contributed by atoms with Crippen LogP contribution >= 0.6 is 0 Å². The number of aliphatic carboxylic acids is 1. The maximum atomic E-state index is 10.4. The monoisotopic (exact) mass is 217 g/mol. The maximum Gasteiger partial charge on any atom is 0.304 e. The number of aliphatic hydroxyl groups is 1. The number of hydrogen-bond donors (Lipinski definition) is 2. The first kappa shape index (κ1) is 14.4. The highest BCUT2D eigenvalue weighted by Gasteiger charge is 2.04. The van der Waals surface area contributed by atoms with Crippen molar-refractivity contribution < 1.29 is 15.0 Å². The van der Waals surface area contributed by atoms with Crippen LogP contribution in [0.1, 0.15) is 39.0 Å². The third kappa shape index (κ3) is 9.69. The van der Waals surface area contributed by atoms with E-state index >= 15 is 0 Å². The van der Waals surface area contributed by atoms with Gasteiger partial charge in [0.2, 0.25) is 0 Å². The van der Waals surface area contributed by atoms with E-state index in [0.29, 0.717) is 6.54 Å². The van der Waals surface area contributed by atoms with E-state index in [-0.39, 0.29) is 13.0 Å². The summed E-state index contributed by atoms with van der Waals surface area (Å²) in [7, 11) is 0. The van der Waals surface area contributed by atoms with Gasteiger partial charge in [0.1, 0.15) is 0 Å². The minimum atomic E-state index is -0.728. The molecule has 0 spiro atoms. The van der Waals surface area contributed by atoms with Crippen LogP contribution in [0.3, 0.4) is 0 Å². The molecular weight excluding hydrogens is 194 g/mol. The Morgan fingerprint density at radius 3 is 2.33 bits per heavy atom. The zero-order valence-corrected chi connectivity index (χ0v) is 9.61. The largest absolute Gasteiger partial charge is 0.481 e. The molecule has 0 aliphatic rings. The Morgan fingerprint density at radius 2 is 1.80 bits per heavy atom. The van der Waals surface area contributed by atoms with Crippen molar-refractivity contribution in [3.05, 3.63) is 0 Å². The van der Waals surface area contributed by atoms with Gasteiger partial charge in [-0.15, -0.1) is 0 Å². The van der Waals surface area contributed by atoms with Gasteiger partial charge in [0.25, 0.3) is 0 Å². The van der Waals surface area contributed by atoms with Crippen LogP contribution in [0.5, 0.6) is 0 Å². The lowest BCUT2D eigenvalue weighted by Gasteiger charge is -2.18. The van der Waals surface area contributed by atoms with Crippen LogP contribution in [-0.4, -0.2) is 47.3 Å². The van der Waals surface area contributed by atoms with Crippen molar-refractivity contribution in [2.75, 3.05) is 26.2 Å². The first-order chi connectivity index (χ1) is 7.20. The van der Waals surface area contributed by atoms with Gasteiger partial charge in [-0.2, -0.15) is 0 Å². The predicted molar refractivity (Wildman–Crippen MR) is 59.9 cm³/mol. The van der Waals surface area contributed by atoms with E-state index < -0.39 is 5.97 Å². The number of carbonyl (C=O) groups is 1. The maximum absolute atomic E-state index is 10.4. The fourth-order valence-corrected chi connectivity index (χ4v) is 1.48. The Hall–Kier alpha value is -0.610. The summed E-state index contributed by atoms with van der Waals surface area (Å²) in [6.45, 7) is 4.85. The standard InChI is InChI=1S/C11H23NO3/c1-2-12(9-7-11(14)15)8-5-3-4-6-10-13/h13H,2-10H2,1H3,(H,14,15). The minimum Gasteiger partial charge on any atom is -0.481 e. The SMILES string of the molecule is CCN(CCCCCCO)CCC(=O)O. The molecule has 2 N–H and O–H groups in total. The lowest BCUT2D eigenvalue weighted by molar-refractivity contribution is -0.137. The molecule has 0 saturated carbocycles. The number of carboxylic acids is 1. The topological polar surface area (TPSA) is 60.8 Å². The average Bonchev–Trinajstić information content (AvgIpc) is 2.22. The third-order valence-corrected chi connectivity index (χ3v) is 2.47. The summed E-state index contributed by atoms with van der Waals surface area (Å²) in [6, 6.07) is 0. The summed E-state index contributed by atoms with van der Waals surface area (Å²) in [5, 5.41) is 17.1. The van der Waals surface area contributed by atoms with Crippen LogP contribution in [0.2, 0.25) is 0 Å². The summed E-state index contributed by atoms with van der Waals surface area (Å²) in [5.74, 6) is -0.728. The highest BCUT2D eigenvalue weighted by molar-refractivity contribution is 5.66. The molecule has 4 heteroatoms. The fraction of sp³-hybridized carbons (Fsp3) is 0.909. The summed E-state index contributed by atoms with van der Waals surface area (Å²) < 4.78 is 0. The molecule has 0 bridgehead atoms. The molecule has 0 heterocycles. The van der Waals surface area contributed by atoms with Crippen LogP contribution < -0.4 is 0 Å². The number of unbranched alkanes of at least 4 members (excludes halogenated alkanes) is 3. The zero-order valence-electron chi connectivity index (χ0n) is 9.61. The van der Waals surface area contributed by atoms with Gasteiger partial charge in [0, 0.05) is 13.2 Å². The van der Waals surface area contributed by atoms with Crippen LogP contribution in [-0.2, 0) is 4.79 Å². The molecule has 0 saturated heterocycles. The van der Waals surface area contributed by atoms with E-state index in [1.54, 1.807) is 0 Å². The molecule has 0 aliphatic carbocycles. The number of hydrogen-bond acceptors (Lipinski definition) is 3. The van der Waals surface area contributed by atoms with Gasteiger partial charge >= 0.3 is 5.97 Å². The Bertz CT molecular complexity index is 162. The van der Waals surface area contributed by atoms with E-state index in [9.17, 15) is 4.79 Å². The Morgan fingerprint density at radius 1 is 1.13 bits per heavy atom. The molecule has 0 aromatic carbocycles. The van der Waals surface area contributed by atoms with Gasteiger partial charge in [-0.25, -0.2) is 0 Å². The molecule has 0 rings (SSSR count). The van der Waals surface area contributed by atoms with Crippen LogP contribution in [0.4, 0.5) is 0 Å². The van der Waals surface area contributed by atoms with Crippen molar-refractivity contribution in [2.24, 2.45) is 0 Å². The van der Waals surface area contributed by atoms with E-state index in [2.05, 4.69) is 11.8 Å². The van der Waals surface area contributed by atoms with E-state index in [4.69, 9.17) is 10.2 Å². The van der Waals surface area contributed by atoms with Gasteiger partial charge in [0.05, 0.1) is 6.42 Å². The predicted octanol–water partition coefficient (Wildman–Crippen LogP) is 1.34. The summed E-state index contributed by atoms with van der Waals surface area (Å²) >= 11 is 0. The molecule has 0 aromatic heterocycles. The Balaban J connectivity index is 3.40. The van der Waals surface area contributed by atoms with Gasteiger partial charge in [-0.05, 0) is 25.9 Å². The van der Waals surface area contributed by atoms with Crippen LogP contribution in [0, 0.1) is 0 Å². The highest BCUT2D eigenvalue weighted by atomic mass is 16.4. The highest BCUT2D eigenvalue weighted by Crippen LogP contribution is 2.02. The normalized spacial score (nSPS) is 10.9. The molecule has 4 nitrogen and oxygen atoms in total. The summed E-state index contributed by atoms with van der Waals surface area (Å²) in [5.41, 5.74) is 0. The lowest BCUT2D eigenvalue weighted by atomic mass is 10.2. The van der Waals surface area contributed by atoms with Crippen molar-refractivity contribution in [1.82, 2.24) is 4.90 Å². The minimum absolute atomic E-state index is 0.227. The smallest absolute Gasteiger partial charge is 0.304 e. The number of carboxylic acid groups (broad SMARTS) is 1. The van der Waals surface area contributed by atoms with Gasteiger partial charge in [0.15, 0.2) is 0 Å². The van der Waals surface area contributed by atoms with Gasteiger partial charge < -0.3 is 15.1 Å². The van der Waals surface area contributed by atoms with Crippen molar-refractivity contribution in [3.63, 3.8) is 0 Å². The van der Waals surface area contributed by atoms with Crippen LogP contribution in [0.15, 0.2) is 0 Å². The van der Waals surface area contributed by atoms with E-state index in [1.165, 1.54) is 0 Å². The first-order valence-corrected chi connectivity index (χ1v) is 5.75. The molecule has 0 aliphatic heterocycles. The molecule has 0 fully saturated rings. The van der Waals surface area contributed by atoms with Crippen LogP contribution in [0.25, 0.3) is 0 Å². The van der Waals surface area contributed by atoms with Crippen molar-refractivity contribution in [3.8, 4) is 0 Å². The van der Waals surface area contributed by atoms with Crippen molar-refractivity contribution in [1.29, 1.82) is 0 Å². The number of nitrogens with zero attached hydrogens (tertiary/aromatic N) is 1. The molecule has 0 radical (unpaired) electrons. The van der Waals surface area contributed by atoms with Crippen molar-refractivity contribution in [2.45, 2.75) is 39.0 Å². The summed E-state index contributed by atoms with van der Waals surface area (Å²) in [6.07, 6.45) is 4.37. The molecule has 0 unspecified atom stereocenters. The van der Waals surface area contributed by atoms with Gasteiger partial charge in [-0.1, -0.05) is 19.8 Å². The van der Waals surface area contributed by atoms with Crippen molar-refractivity contribution >= 4 is 5.97 Å². The molecular formula is C11H23NO3. The van der Waals surface area contributed by atoms with E-state index in [1.807, 2.05) is 0 Å². The molecule has 90 valence electrons. The zero-order chi connectivity index (χ0) is 11.5. The summed E-state index contributed by atoms with van der Waals surface area (Å²) in [4.78, 5) is 12.5. The number of aliphatic hydroxyl groups excluding tert-OH is 1. The molecule has 15 heavy (non-hydrogen) atoms. The number of rotatable bonds is 10. The second-order valence-electron chi connectivity index (χ2n) is 3.72. The second-order valence-corrected chi connectivity index (χ2v) is 3.72. The Kier molecular flexibility index (Phi) is 9.52. The average molecular weight is 217 g/mol. The second kappa shape index (κ2) is 9.93. The van der Waals surface area contributed by atoms with Gasteiger partial charge in [-0.3, -0.25) is 4.79 Å². The third-order valence-electron chi connectivity index (χ3n) is 2.47. The van der Waals surface area contributed by atoms with E-state index in [0.717, 1.165) is 38.8 Å². The fourth-order valence-electron chi connectivity index (χ4n) is 1.48. The lowest BCUT2D eigenvalue weighted by Crippen LogP contribution is -2.27. The quantitative estimate of drug-likeness (QED) is 0.542. The molecule has 0 atom stereocenters. The Labute approximate surface area is 91.9 Å². The first-order valence-electron chi connectivity index (χ1n) is 5.75.